The van der Waals surface area contributed by atoms with Crippen LogP contribution in [0, 0.1) is 0 Å². The number of rotatable bonds is 15. The highest BCUT2D eigenvalue weighted by molar-refractivity contribution is 9.10. The summed E-state index contributed by atoms with van der Waals surface area (Å²) in [6.45, 7) is 8.37. The minimum absolute atomic E-state index is 0.329. The minimum Gasteiger partial charge on any atom is -0.399 e. The fraction of sp³-hybridized carbons (Fsp3) is 0.0469. The molecule has 0 N–H and O–H groups in total. The molecular weight excluding hydrogens is 1800 g/mol. The van der Waals surface area contributed by atoms with Gasteiger partial charge in [0.1, 0.15) is 0 Å². The first kappa shape index (κ1) is 86.7. The molecule has 4 aromatic heterocycles. The Bertz CT molecular complexity index is 8100. The van der Waals surface area contributed by atoms with Crippen LogP contribution in [-0.2, 0) is 9.31 Å². The molecule has 0 aliphatic carbocycles. The normalized spacial score (nSPS) is 12.6. The first-order valence-corrected chi connectivity index (χ1v) is 48.1. The Labute approximate surface area is 815 Å². The lowest BCUT2D eigenvalue weighted by Gasteiger charge is -2.32. The van der Waals surface area contributed by atoms with Gasteiger partial charge in [0.2, 0.25) is 0 Å². The fourth-order valence-electron chi connectivity index (χ4n) is 19.0. The molecule has 0 spiro atoms. The standard InChI is InChI=1S/C68H44N2.C40H26Br2N2.C20H21BO2/c1-3-18-45(19-4-1)65-41-55(43-67(69-65)53-28-16-26-49(37-53)63-39-51-22-7-9-30-57(51)59-32-11-13-34-61(59)63)47-24-15-25-48(36-47)56-42-66(46-20-5-2-6-21-46)70-68(44-56)54-29-17-27-50(38-54)64-40-52-23-8-10-31-58(52)60-33-12-14-35-62(60)64;41-35-18-8-16-31(21-35)39-25-33(23-37(43-39)27-10-3-1-4-11-27)29-14-7-15-30(20-29)34-24-38(28-12-5-2-6-13-28)44-40(26-34)32-17-9-19-36(42)22-32;1-19(2)20(3,4)23-21(22-19)18-13-14-9-5-6-10-15(14)16-11-7-8-12-17(16)18/h1-44H;1-26H;5-13H,1-4H3. The molecule has 0 saturated carbocycles. The van der Waals surface area contributed by atoms with Crippen molar-refractivity contribution in [2.24, 2.45) is 0 Å². The third-order valence-corrected chi connectivity index (χ3v) is 27.6. The molecule has 0 amide bonds. The van der Waals surface area contributed by atoms with Crippen LogP contribution in [0.25, 0.3) is 221 Å². The Morgan fingerprint density at radius 1 is 0.175 bits per heavy atom. The maximum atomic E-state index is 6.28. The Kier molecular flexibility index (Phi) is 23.8. The zero-order valence-corrected chi connectivity index (χ0v) is 79.2. The molecule has 24 rings (SSSR count). The molecule has 652 valence electrons. The van der Waals surface area contributed by atoms with E-state index in [2.05, 4.69) is 502 Å². The van der Waals surface area contributed by atoms with Crippen molar-refractivity contribution < 1.29 is 9.31 Å². The summed E-state index contributed by atoms with van der Waals surface area (Å²) in [5.74, 6) is 0. The van der Waals surface area contributed by atoms with Crippen LogP contribution in [0.1, 0.15) is 27.7 Å². The number of pyridine rings is 4. The van der Waals surface area contributed by atoms with Gasteiger partial charge in [-0.05, 0) is 274 Å². The molecule has 5 heterocycles. The molecule has 6 nitrogen and oxygen atoms in total. The predicted octanol–water partition coefficient (Wildman–Crippen LogP) is 34.7. The highest BCUT2D eigenvalue weighted by Crippen LogP contribution is 2.45. The van der Waals surface area contributed by atoms with Crippen LogP contribution in [0.5, 0.6) is 0 Å². The summed E-state index contributed by atoms with van der Waals surface area (Å²) in [7, 11) is -0.338. The molecule has 137 heavy (non-hydrogen) atoms. The molecule has 0 bridgehead atoms. The van der Waals surface area contributed by atoms with E-state index >= 15 is 0 Å². The first-order chi connectivity index (χ1) is 67.1. The molecule has 1 aliphatic heterocycles. The van der Waals surface area contributed by atoms with Gasteiger partial charge >= 0.3 is 7.12 Å². The fourth-order valence-corrected chi connectivity index (χ4v) is 19.8. The van der Waals surface area contributed by atoms with Gasteiger partial charge in [-0.1, -0.05) is 402 Å². The number of hydrogen-bond donors (Lipinski definition) is 0. The molecular formula is C128H91BBr2N4O2. The lowest BCUT2D eigenvalue weighted by atomic mass is 9.75. The largest absolute Gasteiger partial charge is 0.495 e. The van der Waals surface area contributed by atoms with Crippen LogP contribution in [0.2, 0.25) is 0 Å². The van der Waals surface area contributed by atoms with Gasteiger partial charge in [-0.25, -0.2) is 19.9 Å². The Morgan fingerprint density at radius 3 is 0.708 bits per heavy atom. The third-order valence-electron chi connectivity index (χ3n) is 26.7. The Morgan fingerprint density at radius 2 is 0.394 bits per heavy atom. The third kappa shape index (κ3) is 18.1. The van der Waals surface area contributed by atoms with E-state index in [0.717, 1.165) is 160 Å². The summed E-state index contributed by atoms with van der Waals surface area (Å²) in [5.41, 5.74) is 30.1. The van der Waals surface area contributed by atoms with Gasteiger partial charge < -0.3 is 9.31 Å². The maximum absolute atomic E-state index is 6.28. The number of benzene rings is 19. The van der Waals surface area contributed by atoms with E-state index in [4.69, 9.17) is 29.2 Å². The van der Waals surface area contributed by atoms with Crippen molar-refractivity contribution in [2.45, 2.75) is 38.9 Å². The lowest BCUT2D eigenvalue weighted by molar-refractivity contribution is 0.00578. The number of nitrogens with zero attached hydrogens (tertiary/aromatic N) is 4. The monoisotopic (exact) mass is 1880 g/mol. The van der Waals surface area contributed by atoms with Crippen LogP contribution in [0.4, 0.5) is 0 Å². The van der Waals surface area contributed by atoms with E-state index in [1.54, 1.807) is 0 Å². The summed E-state index contributed by atoms with van der Waals surface area (Å²) in [6, 6.07) is 170. The smallest absolute Gasteiger partial charge is 0.399 e. The van der Waals surface area contributed by atoms with E-state index in [-0.39, 0.29) is 18.3 Å². The topological polar surface area (TPSA) is 70.0 Å². The van der Waals surface area contributed by atoms with Gasteiger partial charge in [0, 0.05) is 53.5 Å². The van der Waals surface area contributed by atoms with Gasteiger partial charge in [0.25, 0.3) is 0 Å². The zero-order chi connectivity index (χ0) is 92.5. The molecule has 0 radical (unpaired) electrons. The summed E-state index contributed by atoms with van der Waals surface area (Å²) >= 11 is 7.27. The zero-order valence-electron chi connectivity index (χ0n) is 76.0. The average molecular weight is 1890 g/mol. The quantitative estimate of drug-likeness (QED) is 0.0752. The summed E-state index contributed by atoms with van der Waals surface area (Å²) < 4.78 is 14.6. The van der Waals surface area contributed by atoms with Crippen molar-refractivity contribution in [3.8, 4) is 157 Å². The molecule has 0 unspecified atom stereocenters. The summed E-state index contributed by atoms with van der Waals surface area (Å²) in [5, 5.41) is 14.9. The van der Waals surface area contributed by atoms with Crippen LogP contribution < -0.4 is 5.46 Å². The van der Waals surface area contributed by atoms with Gasteiger partial charge in [0.05, 0.1) is 56.8 Å². The maximum Gasteiger partial charge on any atom is 0.495 e. The molecule has 19 aromatic carbocycles. The second-order valence-electron chi connectivity index (χ2n) is 36.0. The highest BCUT2D eigenvalue weighted by Gasteiger charge is 2.52. The SMILES string of the molecule is Brc1cccc(-c2cc(-c3cccc(-c4cc(-c5ccccc5)nc(-c5cccc(Br)c5)c4)c3)cc(-c3ccccc3)n2)c1.CC1(C)OB(c2cc3ccccc3c3ccccc23)OC1(C)C.c1ccc(-c2cc(-c3cccc(-c4cc(-c5ccccc5)nc(-c5cccc(-c6cc7ccccc7c7ccccc67)c5)c4)c3)cc(-c3cccc(-c4cc5ccccc5c5ccccc45)c3)n2)cc1. The van der Waals surface area contributed by atoms with Gasteiger partial charge in [-0.15, -0.1) is 0 Å². The number of hydrogen-bond acceptors (Lipinski definition) is 6. The Balaban J connectivity index is 0.000000137. The molecule has 23 aromatic rings. The Hall–Kier alpha value is -15.7. The van der Waals surface area contributed by atoms with E-state index < -0.39 is 0 Å². The molecule has 0 atom stereocenters. The number of halogens is 2. The highest BCUT2D eigenvalue weighted by atomic mass is 79.9. The minimum atomic E-state index is -0.338. The van der Waals surface area contributed by atoms with Crippen molar-refractivity contribution in [2.75, 3.05) is 0 Å². The van der Waals surface area contributed by atoms with Gasteiger partial charge in [-0.2, -0.15) is 0 Å². The van der Waals surface area contributed by atoms with E-state index in [0.29, 0.717) is 0 Å². The van der Waals surface area contributed by atoms with Crippen LogP contribution >= 0.6 is 31.9 Å². The molecule has 1 saturated heterocycles. The number of fused-ring (bicyclic) bond motifs is 9. The predicted molar refractivity (Wildman–Crippen MR) is 583 cm³/mol. The summed E-state index contributed by atoms with van der Waals surface area (Å²) in [4.78, 5) is 20.9. The van der Waals surface area contributed by atoms with Crippen LogP contribution in [0.3, 0.4) is 0 Å². The average Bonchev–Trinajstić information content (AvgIpc) is 1.67. The van der Waals surface area contributed by atoms with Gasteiger partial charge in [0.15, 0.2) is 0 Å². The molecule has 1 fully saturated rings. The van der Waals surface area contributed by atoms with Crippen molar-refractivity contribution in [1.82, 2.24) is 19.9 Å². The van der Waals surface area contributed by atoms with Crippen molar-refractivity contribution in [3.63, 3.8) is 0 Å². The molecule has 1 aliphatic rings. The second kappa shape index (κ2) is 37.6. The van der Waals surface area contributed by atoms with E-state index in [9.17, 15) is 0 Å². The number of aromatic nitrogens is 4. The van der Waals surface area contributed by atoms with Crippen molar-refractivity contribution in [1.29, 1.82) is 0 Å². The van der Waals surface area contributed by atoms with E-state index in [1.165, 1.54) is 75.8 Å². The van der Waals surface area contributed by atoms with E-state index in [1.807, 2.05) is 36.4 Å². The first-order valence-electron chi connectivity index (χ1n) is 46.5. The van der Waals surface area contributed by atoms with Crippen LogP contribution in [-0.4, -0.2) is 38.3 Å². The van der Waals surface area contributed by atoms with Crippen molar-refractivity contribution >= 4 is 109 Å². The van der Waals surface area contributed by atoms with Crippen LogP contribution in [0.15, 0.2) is 488 Å². The summed E-state index contributed by atoms with van der Waals surface area (Å²) in [6.07, 6.45) is 0. The lowest BCUT2D eigenvalue weighted by Crippen LogP contribution is -2.41. The second-order valence-corrected chi connectivity index (χ2v) is 37.8. The van der Waals surface area contributed by atoms with Crippen molar-refractivity contribution in [3.05, 3.63) is 488 Å². The van der Waals surface area contributed by atoms with Gasteiger partial charge in [-0.3, -0.25) is 0 Å². The molecule has 9 heteroatoms.